The number of methoxy groups -OCH3 is 2. The molecule has 1 fully saturated rings. The number of aromatic carboxylic acids is 1. The van der Waals surface area contributed by atoms with Gasteiger partial charge in [0.1, 0.15) is 5.70 Å². The van der Waals surface area contributed by atoms with Gasteiger partial charge in [0.15, 0.2) is 0 Å². The molecule has 146 valence electrons. The van der Waals surface area contributed by atoms with Crippen molar-refractivity contribution in [1.29, 1.82) is 0 Å². The molecule has 1 heterocycles. The molecule has 9 heteroatoms. The van der Waals surface area contributed by atoms with Gasteiger partial charge in [-0.2, -0.15) is 0 Å². The summed E-state index contributed by atoms with van der Waals surface area (Å²) in [6.45, 7) is 3.35. The molecule has 27 heavy (non-hydrogen) atoms. The van der Waals surface area contributed by atoms with Crippen LogP contribution < -0.4 is 10.2 Å². The van der Waals surface area contributed by atoms with Crippen molar-refractivity contribution in [2.75, 3.05) is 57.7 Å². The van der Waals surface area contributed by atoms with E-state index in [1.54, 1.807) is 18.2 Å². The Labute approximate surface area is 157 Å². The zero-order chi connectivity index (χ0) is 20.0. The van der Waals surface area contributed by atoms with E-state index in [0.29, 0.717) is 0 Å². The Hall–Kier alpha value is -3.07. The molecule has 1 aliphatic rings. The van der Waals surface area contributed by atoms with E-state index in [-0.39, 0.29) is 16.9 Å². The van der Waals surface area contributed by atoms with Crippen LogP contribution in [0.4, 0.5) is 11.4 Å². The van der Waals surface area contributed by atoms with Crippen LogP contribution in [0.25, 0.3) is 0 Å². The number of piperazine rings is 1. The molecular formula is C18H23N3O6. The molecule has 0 atom stereocenters. The van der Waals surface area contributed by atoms with Gasteiger partial charge in [-0.1, -0.05) is 0 Å². The molecule has 0 spiro atoms. The second kappa shape index (κ2) is 9.04. The molecule has 0 unspecified atom stereocenters. The number of carboxylic acids is 1. The molecule has 1 aromatic rings. The second-order valence-electron chi connectivity index (χ2n) is 6.02. The van der Waals surface area contributed by atoms with Gasteiger partial charge in [0, 0.05) is 31.9 Å². The van der Waals surface area contributed by atoms with Crippen LogP contribution in [0.1, 0.15) is 10.4 Å². The molecule has 1 saturated heterocycles. The molecule has 0 saturated carbocycles. The van der Waals surface area contributed by atoms with Gasteiger partial charge in [-0.15, -0.1) is 0 Å². The SMILES string of the molecule is COC(=O)/C=C(/Nc1ccc(N2CCN(C)CC2)cc1C(=O)O)C(=O)OC. The van der Waals surface area contributed by atoms with E-state index in [9.17, 15) is 19.5 Å². The van der Waals surface area contributed by atoms with Gasteiger partial charge in [0.05, 0.1) is 31.5 Å². The largest absolute Gasteiger partial charge is 0.478 e. The number of rotatable bonds is 6. The number of carbonyl (C=O) groups excluding carboxylic acids is 2. The van der Waals surface area contributed by atoms with Gasteiger partial charge in [-0.25, -0.2) is 14.4 Å². The minimum Gasteiger partial charge on any atom is -0.478 e. The summed E-state index contributed by atoms with van der Waals surface area (Å²) >= 11 is 0. The lowest BCUT2D eigenvalue weighted by Crippen LogP contribution is -2.44. The predicted octanol–water partition coefficient (Wildman–Crippen LogP) is 0.778. The summed E-state index contributed by atoms with van der Waals surface area (Å²) in [6.07, 6.45) is 0.909. The summed E-state index contributed by atoms with van der Waals surface area (Å²) in [6, 6.07) is 4.88. The number of nitrogens with one attached hydrogen (secondary N) is 1. The van der Waals surface area contributed by atoms with Crippen LogP contribution in [-0.4, -0.2) is 75.4 Å². The Morgan fingerprint density at radius 2 is 1.78 bits per heavy atom. The highest BCUT2D eigenvalue weighted by atomic mass is 16.5. The number of carboxylic acid groups (broad SMARTS) is 1. The van der Waals surface area contributed by atoms with Crippen LogP contribution in [-0.2, 0) is 19.1 Å². The van der Waals surface area contributed by atoms with Gasteiger partial charge >= 0.3 is 17.9 Å². The van der Waals surface area contributed by atoms with Gasteiger partial charge in [0.2, 0.25) is 0 Å². The van der Waals surface area contributed by atoms with E-state index < -0.39 is 17.9 Å². The lowest BCUT2D eigenvalue weighted by atomic mass is 10.1. The van der Waals surface area contributed by atoms with Crippen molar-refractivity contribution in [3.63, 3.8) is 0 Å². The third-order valence-corrected chi connectivity index (χ3v) is 4.24. The summed E-state index contributed by atoms with van der Waals surface area (Å²) in [5.41, 5.74) is 0.703. The molecule has 9 nitrogen and oxygen atoms in total. The molecule has 1 aromatic carbocycles. The van der Waals surface area contributed by atoms with E-state index in [4.69, 9.17) is 0 Å². The lowest BCUT2D eigenvalue weighted by molar-refractivity contribution is -0.138. The Morgan fingerprint density at radius 1 is 1.11 bits per heavy atom. The summed E-state index contributed by atoms with van der Waals surface area (Å²) in [7, 11) is 4.36. The van der Waals surface area contributed by atoms with Crippen molar-refractivity contribution < 1.29 is 29.0 Å². The Balaban J connectivity index is 2.32. The fourth-order valence-electron chi connectivity index (χ4n) is 2.66. The summed E-state index contributed by atoms with van der Waals surface area (Å²) in [4.78, 5) is 39.4. The fourth-order valence-corrected chi connectivity index (χ4v) is 2.66. The van der Waals surface area contributed by atoms with Crippen LogP contribution in [0.15, 0.2) is 30.0 Å². The predicted molar refractivity (Wildman–Crippen MR) is 98.8 cm³/mol. The third kappa shape index (κ3) is 5.20. The number of esters is 2. The summed E-state index contributed by atoms with van der Waals surface area (Å²) < 4.78 is 9.13. The molecular weight excluding hydrogens is 354 g/mol. The molecule has 2 N–H and O–H groups in total. The minimum absolute atomic E-state index is 0.0221. The molecule has 0 amide bonds. The monoisotopic (exact) mass is 377 g/mol. The lowest BCUT2D eigenvalue weighted by Gasteiger charge is -2.34. The van der Waals surface area contributed by atoms with Crippen molar-refractivity contribution in [1.82, 2.24) is 4.90 Å². The third-order valence-electron chi connectivity index (χ3n) is 4.24. The average Bonchev–Trinajstić information content (AvgIpc) is 2.67. The van der Waals surface area contributed by atoms with Crippen LogP contribution in [0.5, 0.6) is 0 Å². The summed E-state index contributed by atoms with van der Waals surface area (Å²) in [5, 5.41) is 12.2. The first-order valence-corrected chi connectivity index (χ1v) is 8.31. The van der Waals surface area contributed by atoms with E-state index >= 15 is 0 Å². The Bertz CT molecular complexity index is 753. The smallest absolute Gasteiger partial charge is 0.354 e. The quantitative estimate of drug-likeness (QED) is 0.549. The van der Waals surface area contributed by atoms with Crippen molar-refractivity contribution in [2.45, 2.75) is 0 Å². The Kier molecular flexibility index (Phi) is 6.78. The molecule has 1 aliphatic heterocycles. The molecule has 0 bridgehead atoms. The highest BCUT2D eigenvalue weighted by Gasteiger charge is 2.20. The van der Waals surface area contributed by atoms with Gasteiger partial charge in [-0.3, -0.25) is 0 Å². The first-order valence-electron chi connectivity index (χ1n) is 8.31. The first kappa shape index (κ1) is 20.2. The number of likely N-dealkylation sites (N-methyl/N-ethyl adjacent to an activating group) is 1. The van der Waals surface area contributed by atoms with Crippen molar-refractivity contribution in [3.8, 4) is 0 Å². The normalized spacial score (nSPS) is 15.2. The van der Waals surface area contributed by atoms with Crippen LogP contribution in [0.3, 0.4) is 0 Å². The standard InChI is InChI=1S/C18H23N3O6/c1-20-6-8-21(9-7-20)12-4-5-14(13(10-12)17(23)24)19-15(18(25)27-3)11-16(22)26-2/h4-5,10-11,19H,6-9H2,1-3H3,(H,23,24)/b15-11+. The molecule has 2 rings (SSSR count). The van der Waals surface area contributed by atoms with E-state index in [2.05, 4.69) is 24.6 Å². The maximum absolute atomic E-state index is 11.9. The highest BCUT2D eigenvalue weighted by Crippen LogP contribution is 2.25. The number of ether oxygens (including phenoxy) is 2. The summed E-state index contributed by atoms with van der Waals surface area (Å²) in [5.74, 6) is -2.75. The van der Waals surface area contributed by atoms with E-state index in [0.717, 1.165) is 45.1 Å². The average molecular weight is 377 g/mol. The van der Waals surface area contributed by atoms with Crippen LogP contribution >= 0.6 is 0 Å². The highest BCUT2D eigenvalue weighted by molar-refractivity contribution is 6.02. The number of benzene rings is 1. The van der Waals surface area contributed by atoms with Gasteiger partial charge in [-0.05, 0) is 25.2 Å². The zero-order valence-electron chi connectivity index (χ0n) is 15.5. The molecule has 0 aliphatic carbocycles. The molecule has 0 radical (unpaired) electrons. The van der Waals surface area contributed by atoms with Gasteiger partial charge in [0.25, 0.3) is 0 Å². The van der Waals surface area contributed by atoms with E-state index in [1.807, 2.05) is 7.05 Å². The zero-order valence-corrected chi connectivity index (χ0v) is 15.5. The minimum atomic E-state index is -1.16. The van der Waals surface area contributed by atoms with Crippen molar-refractivity contribution in [3.05, 3.63) is 35.5 Å². The topological polar surface area (TPSA) is 108 Å². The van der Waals surface area contributed by atoms with Gasteiger partial charge < -0.3 is 29.7 Å². The fraction of sp³-hybridized carbons (Fsp3) is 0.389. The Morgan fingerprint density at radius 3 is 2.33 bits per heavy atom. The maximum atomic E-state index is 11.9. The number of hydrogen-bond donors (Lipinski definition) is 2. The van der Waals surface area contributed by atoms with E-state index in [1.165, 1.54) is 7.11 Å². The van der Waals surface area contributed by atoms with Crippen LogP contribution in [0.2, 0.25) is 0 Å². The van der Waals surface area contributed by atoms with Crippen molar-refractivity contribution in [2.24, 2.45) is 0 Å². The number of carbonyl (C=O) groups is 3. The second-order valence-corrected chi connectivity index (χ2v) is 6.02. The molecule has 0 aromatic heterocycles. The number of hydrogen-bond acceptors (Lipinski definition) is 8. The number of nitrogens with zero attached hydrogens (tertiary/aromatic N) is 2. The first-order chi connectivity index (χ1) is 12.8. The van der Waals surface area contributed by atoms with Crippen molar-refractivity contribution >= 4 is 29.3 Å². The number of anilines is 2. The maximum Gasteiger partial charge on any atom is 0.354 e. The van der Waals surface area contributed by atoms with Crippen LogP contribution in [0, 0.1) is 0 Å².